The predicted octanol–water partition coefficient (Wildman–Crippen LogP) is 4.37. The van der Waals surface area contributed by atoms with Crippen molar-refractivity contribution < 1.29 is 0 Å². The summed E-state index contributed by atoms with van der Waals surface area (Å²) in [7, 11) is 0. The van der Waals surface area contributed by atoms with Gasteiger partial charge in [0.2, 0.25) is 5.95 Å². The number of nitriles is 1. The summed E-state index contributed by atoms with van der Waals surface area (Å²) in [5.74, 6) is 0.345. The molecule has 0 saturated carbocycles. The summed E-state index contributed by atoms with van der Waals surface area (Å²) in [5, 5.41) is 11.1. The maximum absolute atomic E-state index is 8.68. The van der Waals surface area contributed by atoms with Crippen LogP contribution in [0.2, 0.25) is 0 Å². The highest BCUT2D eigenvalue weighted by atomic mass is 32.1. The zero-order chi connectivity index (χ0) is 15.4. The molecule has 2 aromatic carbocycles. The van der Waals surface area contributed by atoms with Crippen molar-refractivity contribution in [2.24, 2.45) is 0 Å². The van der Waals surface area contributed by atoms with Gasteiger partial charge in [0.25, 0.3) is 0 Å². The van der Waals surface area contributed by atoms with Gasteiger partial charge < -0.3 is 4.98 Å². The lowest BCUT2D eigenvalue weighted by Crippen LogP contribution is -1.97. The van der Waals surface area contributed by atoms with Gasteiger partial charge in [0.15, 0.2) is 6.19 Å². The second-order valence-electron chi connectivity index (χ2n) is 4.66. The second-order valence-corrected chi connectivity index (χ2v) is 5.08. The van der Waals surface area contributed by atoms with Gasteiger partial charge in [-0.3, -0.25) is 5.32 Å². The molecule has 0 spiro atoms. The Bertz CT molecular complexity index is 877. The smallest absolute Gasteiger partial charge is 0.215 e. The van der Waals surface area contributed by atoms with Crippen LogP contribution >= 0.6 is 12.2 Å². The molecule has 106 valence electrons. The number of H-pyrrole nitrogens is 1. The average Bonchev–Trinajstić information content (AvgIpc) is 2.56. The molecular weight excluding hydrogens is 292 g/mol. The van der Waals surface area contributed by atoms with E-state index in [4.69, 9.17) is 17.5 Å². The summed E-state index contributed by atoms with van der Waals surface area (Å²) in [6.07, 6.45) is 1.83. The molecule has 1 aromatic heterocycles. The van der Waals surface area contributed by atoms with Crippen LogP contribution in [-0.2, 0) is 0 Å². The Labute approximate surface area is 133 Å². The van der Waals surface area contributed by atoms with Crippen molar-refractivity contribution >= 4 is 18.2 Å². The molecule has 0 radical (unpaired) electrons. The van der Waals surface area contributed by atoms with E-state index in [1.807, 2.05) is 36.5 Å². The monoisotopic (exact) mass is 304 g/mol. The van der Waals surface area contributed by atoms with Gasteiger partial charge in [0.1, 0.15) is 4.64 Å². The van der Waals surface area contributed by atoms with Gasteiger partial charge in [0, 0.05) is 0 Å². The first-order chi connectivity index (χ1) is 10.8. The van der Waals surface area contributed by atoms with Crippen LogP contribution in [0.4, 0.5) is 5.95 Å². The van der Waals surface area contributed by atoms with Crippen LogP contribution in [0, 0.1) is 16.1 Å². The van der Waals surface area contributed by atoms with E-state index in [9.17, 15) is 0 Å². The van der Waals surface area contributed by atoms with Crippen molar-refractivity contribution in [3.8, 4) is 28.6 Å². The molecule has 3 rings (SSSR count). The summed E-state index contributed by atoms with van der Waals surface area (Å²) in [6.45, 7) is 0. The first-order valence-electron chi connectivity index (χ1n) is 6.68. The van der Waals surface area contributed by atoms with Gasteiger partial charge in [-0.15, -0.1) is 0 Å². The number of anilines is 1. The standard InChI is InChI=1S/C17H12N4S/c18-11-19-17-20-15(10-16(22)21-17)14-8-6-13(7-9-14)12-4-2-1-3-5-12/h1-10H,(H2,19,20,21,22). The van der Waals surface area contributed by atoms with E-state index in [0.717, 1.165) is 16.8 Å². The van der Waals surface area contributed by atoms with Crippen LogP contribution in [0.5, 0.6) is 0 Å². The minimum absolute atomic E-state index is 0.345. The third kappa shape index (κ3) is 3.03. The minimum atomic E-state index is 0.345. The molecule has 0 atom stereocenters. The molecule has 0 aliphatic rings. The summed E-state index contributed by atoms with van der Waals surface area (Å²) < 4.78 is 0.429. The van der Waals surface area contributed by atoms with Gasteiger partial charge in [-0.05, 0) is 22.8 Å². The quantitative estimate of drug-likeness (QED) is 0.428. The van der Waals surface area contributed by atoms with E-state index in [-0.39, 0.29) is 0 Å². The molecule has 0 aliphatic heterocycles. The number of rotatable bonds is 3. The fourth-order valence-corrected chi connectivity index (χ4v) is 2.41. The molecule has 3 aromatic rings. The summed E-state index contributed by atoms with van der Waals surface area (Å²) >= 11 is 5.12. The maximum Gasteiger partial charge on any atom is 0.215 e. The molecular formula is C17H12N4S. The van der Waals surface area contributed by atoms with Crippen LogP contribution in [0.1, 0.15) is 0 Å². The lowest BCUT2D eigenvalue weighted by molar-refractivity contribution is 1.15. The predicted molar refractivity (Wildman–Crippen MR) is 89.5 cm³/mol. The summed E-state index contributed by atoms with van der Waals surface area (Å²) in [6, 6.07) is 20.1. The van der Waals surface area contributed by atoms with E-state index < -0.39 is 0 Å². The number of nitrogens with one attached hydrogen (secondary N) is 2. The number of aromatic nitrogens is 2. The number of aromatic amines is 1. The first kappa shape index (κ1) is 14.0. The molecule has 0 aliphatic carbocycles. The van der Waals surface area contributed by atoms with Gasteiger partial charge in [-0.2, -0.15) is 5.26 Å². The van der Waals surface area contributed by atoms with Gasteiger partial charge in [0.05, 0.1) is 5.69 Å². The third-order valence-electron chi connectivity index (χ3n) is 3.22. The zero-order valence-electron chi connectivity index (χ0n) is 11.6. The van der Waals surface area contributed by atoms with Crippen LogP contribution in [0.3, 0.4) is 0 Å². The van der Waals surface area contributed by atoms with Crippen LogP contribution in [0.25, 0.3) is 22.4 Å². The molecule has 2 N–H and O–H groups in total. The Kier molecular flexibility index (Phi) is 3.95. The Morgan fingerprint density at radius 1 is 0.955 bits per heavy atom. The van der Waals surface area contributed by atoms with Crippen molar-refractivity contribution in [3.05, 3.63) is 65.3 Å². The molecule has 0 fully saturated rings. The SMILES string of the molecule is N#CNc1nc(=S)cc(-c2ccc(-c3ccccc3)cc2)[nH]1. The van der Waals surface area contributed by atoms with Crippen molar-refractivity contribution in [3.63, 3.8) is 0 Å². The lowest BCUT2D eigenvalue weighted by Gasteiger charge is -2.06. The lowest BCUT2D eigenvalue weighted by atomic mass is 10.0. The Hall–Kier alpha value is -2.97. The number of benzene rings is 2. The molecule has 5 heteroatoms. The molecule has 1 heterocycles. The van der Waals surface area contributed by atoms with Crippen molar-refractivity contribution in [2.75, 3.05) is 5.32 Å². The van der Waals surface area contributed by atoms with Gasteiger partial charge >= 0.3 is 0 Å². The highest BCUT2D eigenvalue weighted by molar-refractivity contribution is 7.71. The Balaban J connectivity index is 1.97. The van der Waals surface area contributed by atoms with Crippen LogP contribution in [-0.4, -0.2) is 9.97 Å². The number of nitrogens with zero attached hydrogens (tertiary/aromatic N) is 2. The minimum Gasteiger partial charge on any atom is -0.325 e. The fraction of sp³-hybridized carbons (Fsp3) is 0. The Morgan fingerprint density at radius 2 is 1.59 bits per heavy atom. The van der Waals surface area contributed by atoms with E-state index in [0.29, 0.717) is 10.6 Å². The van der Waals surface area contributed by atoms with E-state index in [2.05, 4.69) is 39.6 Å². The van der Waals surface area contributed by atoms with Crippen LogP contribution in [0.15, 0.2) is 60.7 Å². The van der Waals surface area contributed by atoms with E-state index in [1.54, 1.807) is 6.07 Å². The molecule has 4 nitrogen and oxygen atoms in total. The fourth-order valence-electron chi connectivity index (χ4n) is 2.20. The molecule has 22 heavy (non-hydrogen) atoms. The zero-order valence-corrected chi connectivity index (χ0v) is 12.4. The van der Waals surface area contributed by atoms with Gasteiger partial charge in [-0.1, -0.05) is 66.8 Å². The van der Waals surface area contributed by atoms with E-state index in [1.165, 1.54) is 5.56 Å². The summed E-state index contributed by atoms with van der Waals surface area (Å²) in [4.78, 5) is 7.09. The average molecular weight is 304 g/mol. The highest BCUT2D eigenvalue weighted by Gasteiger charge is 2.03. The third-order valence-corrected chi connectivity index (χ3v) is 3.43. The topological polar surface area (TPSA) is 64.5 Å². The van der Waals surface area contributed by atoms with Crippen molar-refractivity contribution in [2.45, 2.75) is 0 Å². The van der Waals surface area contributed by atoms with Gasteiger partial charge in [-0.25, -0.2) is 4.98 Å². The summed E-state index contributed by atoms with van der Waals surface area (Å²) in [5.41, 5.74) is 4.11. The maximum atomic E-state index is 8.68. The molecule has 0 bridgehead atoms. The van der Waals surface area contributed by atoms with Crippen LogP contribution < -0.4 is 5.32 Å². The molecule has 0 saturated heterocycles. The first-order valence-corrected chi connectivity index (χ1v) is 7.09. The Morgan fingerprint density at radius 3 is 2.27 bits per heavy atom. The second kappa shape index (κ2) is 6.20. The number of hydrogen-bond acceptors (Lipinski definition) is 4. The molecule has 0 unspecified atom stereocenters. The highest BCUT2D eigenvalue weighted by Crippen LogP contribution is 2.24. The van der Waals surface area contributed by atoms with E-state index >= 15 is 0 Å². The largest absolute Gasteiger partial charge is 0.325 e. The van der Waals surface area contributed by atoms with Crippen molar-refractivity contribution in [1.82, 2.24) is 9.97 Å². The van der Waals surface area contributed by atoms with Crippen molar-refractivity contribution in [1.29, 1.82) is 5.26 Å². The normalized spacial score (nSPS) is 9.95. The number of hydrogen-bond donors (Lipinski definition) is 2. The molecule has 0 amide bonds.